The van der Waals surface area contributed by atoms with E-state index in [1.54, 1.807) is 0 Å². The molecule has 2 N–H and O–H groups in total. The van der Waals surface area contributed by atoms with Crippen molar-refractivity contribution < 1.29 is 9.53 Å². The van der Waals surface area contributed by atoms with Crippen molar-refractivity contribution >= 4 is 11.6 Å². The van der Waals surface area contributed by atoms with Crippen LogP contribution in [0.15, 0.2) is 24.3 Å². The molecule has 1 rings (SSSR count). The molecule has 0 saturated carbocycles. The van der Waals surface area contributed by atoms with Crippen LogP contribution in [0.4, 0.5) is 5.69 Å². The standard InChI is InChI=1S/C16H26N2O2/c1-4-10-20-11-9-16(19)18-15-8-6-7-14(12-15)13(3)17-5-2/h6-8,12-13,17H,4-5,9-11H2,1-3H3,(H,18,19). The molecule has 0 aromatic heterocycles. The maximum atomic E-state index is 11.8. The van der Waals surface area contributed by atoms with E-state index in [9.17, 15) is 4.79 Å². The molecule has 20 heavy (non-hydrogen) atoms. The van der Waals surface area contributed by atoms with E-state index in [0.29, 0.717) is 19.6 Å². The average molecular weight is 278 g/mol. The zero-order valence-electron chi connectivity index (χ0n) is 12.7. The summed E-state index contributed by atoms with van der Waals surface area (Å²) in [5.74, 6) is -0.00523. The average Bonchev–Trinajstić information content (AvgIpc) is 2.44. The van der Waals surface area contributed by atoms with Gasteiger partial charge in [0.1, 0.15) is 0 Å². The van der Waals surface area contributed by atoms with Crippen molar-refractivity contribution in [2.75, 3.05) is 25.1 Å². The summed E-state index contributed by atoms with van der Waals surface area (Å²) in [5.41, 5.74) is 2.01. The molecule has 1 amide bonds. The predicted molar refractivity (Wildman–Crippen MR) is 82.9 cm³/mol. The van der Waals surface area contributed by atoms with Gasteiger partial charge in [-0.15, -0.1) is 0 Å². The van der Waals surface area contributed by atoms with Gasteiger partial charge in [-0.3, -0.25) is 4.79 Å². The number of hydrogen-bond acceptors (Lipinski definition) is 3. The fraction of sp³-hybridized carbons (Fsp3) is 0.562. The van der Waals surface area contributed by atoms with Crippen molar-refractivity contribution in [2.24, 2.45) is 0 Å². The Hall–Kier alpha value is -1.39. The SMILES string of the molecule is CCCOCCC(=O)Nc1cccc(C(C)NCC)c1. The van der Waals surface area contributed by atoms with Crippen LogP contribution >= 0.6 is 0 Å². The topological polar surface area (TPSA) is 50.4 Å². The first kappa shape index (κ1) is 16.7. The Balaban J connectivity index is 2.47. The lowest BCUT2D eigenvalue weighted by Gasteiger charge is -2.14. The lowest BCUT2D eigenvalue weighted by Crippen LogP contribution is -2.18. The molecule has 0 saturated heterocycles. The molecule has 0 radical (unpaired) electrons. The molecule has 0 bridgehead atoms. The second-order valence-electron chi connectivity index (χ2n) is 4.82. The van der Waals surface area contributed by atoms with E-state index in [1.807, 2.05) is 18.2 Å². The van der Waals surface area contributed by atoms with Crippen molar-refractivity contribution in [3.05, 3.63) is 29.8 Å². The quantitative estimate of drug-likeness (QED) is 0.682. The second kappa shape index (κ2) is 9.50. The van der Waals surface area contributed by atoms with Crippen LogP contribution < -0.4 is 10.6 Å². The summed E-state index contributed by atoms with van der Waals surface area (Å²) in [6.45, 7) is 8.36. The van der Waals surface area contributed by atoms with Crippen molar-refractivity contribution in [3.8, 4) is 0 Å². The third-order valence-corrected chi connectivity index (χ3v) is 3.00. The summed E-state index contributed by atoms with van der Waals surface area (Å²) in [7, 11) is 0. The highest BCUT2D eigenvalue weighted by atomic mass is 16.5. The molecule has 0 aliphatic rings. The van der Waals surface area contributed by atoms with Crippen LogP contribution in [0.5, 0.6) is 0 Å². The molecule has 1 aromatic rings. The summed E-state index contributed by atoms with van der Waals surface area (Å²) in [6.07, 6.45) is 1.37. The molecule has 1 aromatic carbocycles. The molecule has 0 heterocycles. The van der Waals surface area contributed by atoms with E-state index in [4.69, 9.17) is 4.74 Å². The number of benzene rings is 1. The fourth-order valence-electron chi connectivity index (χ4n) is 1.94. The predicted octanol–water partition coefficient (Wildman–Crippen LogP) is 3.11. The minimum Gasteiger partial charge on any atom is -0.381 e. The summed E-state index contributed by atoms with van der Waals surface area (Å²) in [5, 5.41) is 6.27. The van der Waals surface area contributed by atoms with Crippen molar-refractivity contribution in [2.45, 2.75) is 39.7 Å². The first-order valence-corrected chi connectivity index (χ1v) is 7.38. The minimum absolute atomic E-state index is 0.00523. The van der Waals surface area contributed by atoms with E-state index in [1.165, 1.54) is 5.56 Å². The molecular formula is C16H26N2O2. The van der Waals surface area contributed by atoms with Gasteiger partial charge in [-0.05, 0) is 37.6 Å². The van der Waals surface area contributed by atoms with E-state index in [0.717, 1.165) is 18.7 Å². The number of ether oxygens (including phenoxy) is 1. The molecule has 1 unspecified atom stereocenters. The van der Waals surface area contributed by atoms with Gasteiger partial charge in [-0.25, -0.2) is 0 Å². The van der Waals surface area contributed by atoms with Crippen molar-refractivity contribution in [1.29, 1.82) is 0 Å². The zero-order valence-corrected chi connectivity index (χ0v) is 12.7. The minimum atomic E-state index is -0.00523. The Labute approximate surface area is 121 Å². The van der Waals surface area contributed by atoms with Crippen LogP contribution in [0.2, 0.25) is 0 Å². The molecule has 1 atom stereocenters. The normalized spacial score (nSPS) is 12.2. The number of anilines is 1. The molecule has 0 fully saturated rings. The van der Waals surface area contributed by atoms with Crippen LogP contribution in [0.1, 0.15) is 45.2 Å². The summed E-state index contributed by atoms with van der Waals surface area (Å²) >= 11 is 0. The van der Waals surface area contributed by atoms with E-state index < -0.39 is 0 Å². The van der Waals surface area contributed by atoms with Crippen molar-refractivity contribution in [1.82, 2.24) is 5.32 Å². The van der Waals surface area contributed by atoms with Gasteiger partial charge in [0.25, 0.3) is 0 Å². The smallest absolute Gasteiger partial charge is 0.226 e. The van der Waals surface area contributed by atoms with Gasteiger partial charge in [0.2, 0.25) is 5.91 Å². The summed E-state index contributed by atoms with van der Waals surface area (Å²) < 4.78 is 5.31. The van der Waals surface area contributed by atoms with E-state index in [-0.39, 0.29) is 11.9 Å². The largest absolute Gasteiger partial charge is 0.381 e. The molecule has 0 spiro atoms. The van der Waals surface area contributed by atoms with Gasteiger partial charge in [0, 0.05) is 18.3 Å². The lowest BCUT2D eigenvalue weighted by molar-refractivity contribution is -0.117. The Morgan fingerprint density at radius 3 is 2.80 bits per heavy atom. The first-order valence-electron chi connectivity index (χ1n) is 7.38. The van der Waals surface area contributed by atoms with E-state index >= 15 is 0 Å². The van der Waals surface area contributed by atoms with Crippen LogP contribution in [-0.2, 0) is 9.53 Å². The van der Waals surface area contributed by atoms with E-state index in [2.05, 4.69) is 37.5 Å². The summed E-state index contributed by atoms with van der Waals surface area (Å²) in [6, 6.07) is 8.23. The van der Waals surface area contributed by atoms with Crippen LogP contribution in [0.3, 0.4) is 0 Å². The number of hydrogen-bond donors (Lipinski definition) is 2. The van der Waals surface area contributed by atoms with Gasteiger partial charge in [-0.1, -0.05) is 26.0 Å². The van der Waals surface area contributed by atoms with Gasteiger partial charge < -0.3 is 15.4 Å². The van der Waals surface area contributed by atoms with Gasteiger partial charge >= 0.3 is 0 Å². The zero-order chi connectivity index (χ0) is 14.8. The molecule has 0 aliphatic heterocycles. The van der Waals surface area contributed by atoms with Gasteiger partial charge in [0.15, 0.2) is 0 Å². The second-order valence-corrected chi connectivity index (χ2v) is 4.82. The monoisotopic (exact) mass is 278 g/mol. The maximum Gasteiger partial charge on any atom is 0.226 e. The molecule has 0 aliphatic carbocycles. The van der Waals surface area contributed by atoms with Crippen LogP contribution in [-0.4, -0.2) is 25.7 Å². The highest BCUT2D eigenvalue weighted by Crippen LogP contribution is 2.17. The molecular weight excluding hydrogens is 252 g/mol. The third-order valence-electron chi connectivity index (χ3n) is 3.00. The van der Waals surface area contributed by atoms with Crippen LogP contribution in [0, 0.1) is 0 Å². The highest BCUT2D eigenvalue weighted by molar-refractivity contribution is 5.90. The first-order chi connectivity index (χ1) is 9.67. The summed E-state index contributed by atoms with van der Waals surface area (Å²) in [4.78, 5) is 11.8. The molecule has 4 nitrogen and oxygen atoms in total. The van der Waals surface area contributed by atoms with Crippen LogP contribution in [0.25, 0.3) is 0 Å². The molecule has 112 valence electrons. The molecule has 4 heteroatoms. The Kier molecular flexibility index (Phi) is 7.92. The number of rotatable bonds is 9. The maximum absolute atomic E-state index is 11.8. The number of carbonyl (C=O) groups excluding carboxylic acids is 1. The Morgan fingerprint density at radius 2 is 2.10 bits per heavy atom. The van der Waals surface area contributed by atoms with Gasteiger partial charge in [-0.2, -0.15) is 0 Å². The fourth-order valence-corrected chi connectivity index (χ4v) is 1.94. The number of nitrogens with one attached hydrogen (secondary N) is 2. The number of amides is 1. The number of carbonyl (C=O) groups is 1. The third kappa shape index (κ3) is 6.17. The Bertz CT molecular complexity index is 407. The van der Waals surface area contributed by atoms with Gasteiger partial charge in [0.05, 0.1) is 13.0 Å². The van der Waals surface area contributed by atoms with Crippen molar-refractivity contribution in [3.63, 3.8) is 0 Å². The Morgan fingerprint density at radius 1 is 1.30 bits per heavy atom. The lowest BCUT2D eigenvalue weighted by atomic mass is 10.1. The highest BCUT2D eigenvalue weighted by Gasteiger charge is 2.06.